The first-order valence-corrected chi connectivity index (χ1v) is 10.1. The lowest BCUT2D eigenvalue weighted by Crippen LogP contribution is -2.25. The van der Waals surface area contributed by atoms with Crippen LogP contribution in [0.1, 0.15) is 35.0 Å². The van der Waals surface area contributed by atoms with Gasteiger partial charge in [0.25, 0.3) is 5.91 Å². The van der Waals surface area contributed by atoms with Gasteiger partial charge in [0, 0.05) is 32.4 Å². The van der Waals surface area contributed by atoms with Crippen LogP contribution in [0.5, 0.6) is 5.88 Å². The maximum atomic E-state index is 12.6. The van der Waals surface area contributed by atoms with Crippen molar-refractivity contribution in [2.24, 2.45) is 0 Å². The maximum Gasteiger partial charge on any atom is 0.254 e. The van der Waals surface area contributed by atoms with E-state index in [1.54, 1.807) is 23.0 Å². The number of hydrogen-bond acceptors (Lipinski definition) is 6. The van der Waals surface area contributed by atoms with E-state index in [0.717, 1.165) is 12.8 Å². The quantitative estimate of drug-likeness (QED) is 0.548. The molecule has 0 saturated heterocycles. The summed E-state index contributed by atoms with van der Waals surface area (Å²) in [7, 11) is 4.05. The number of aromatic nitrogens is 4. The number of hydrogen-bond donors (Lipinski definition) is 1. The molecule has 30 heavy (non-hydrogen) atoms. The van der Waals surface area contributed by atoms with Gasteiger partial charge in [0.15, 0.2) is 5.82 Å². The maximum absolute atomic E-state index is 12.6. The van der Waals surface area contributed by atoms with Crippen molar-refractivity contribution in [1.29, 1.82) is 0 Å². The Labute approximate surface area is 176 Å². The Hall–Kier alpha value is -3.42. The third kappa shape index (κ3) is 5.14. The molecule has 0 saturated carbocycles. The second-order valence-electron chi connectivity index (χ2n) is 7.14. The Kier molecular flexibility index (Phi) is 7.00. The zero-order valence-corrected chi connectivity index (χ0v) is 17.9. The number of carbonyl (C=O) groups is 1. The van der Waals surface area contributed by atoms with Crippen molar-refractivity contribution < 1.29 is 9.53 Å². The van der Waals surface area contributed by atoms with Crippen molar-refractivity contribution in [2.75, 3.05) is 32.1 Å². The summed E-state index contributed by atoms with van der Waals surface area (Å²) in [5.74, 6) is 0.858. The van der Waals surface area contributed by atoms with E-state index in [0.29, 0.717) is 36.1 Å². The fraction of sp³-hybridized carbons (Fsp3) is 0.364. The Morgan fingerprint density at radius 1 is 1.13 bits per heavy atom. The Morgan fingerprint density at radius 2 is 1.90 bits per heavy atom. The molecule has 0 aliphatic heterocycles. The molecule has 8 heteroatoms. The van der Waals surface area contributed by atoms with Gasteiger partial charge < -0.3 is 15.0 Å². The Morgan fingerprint density at radius 3 is 2.53 bits per heavy atom. The van der Waals surface area contributed by atoms with Gasteiger partial charge in [0.1, 0.15) is 0 Å². The van der Waals surface area contributed by atoms with E-state index in [2.05, 4.69) is 49.8 Å². The predicted molar refractivity (Wildman–Crippen MR) is 116 cm³/mol. The number of anilines is 1. The number of carbonyl (C=O) groups excluding carboxylic acids is 1. The number of ether oxygens (including phenoxy) is 1. The molecule has 0 aliphatic rings. The largest absolute Gasteiger partial charge is 0.477 e. The molecular weight excluding hydrogens is 380 g/mol. The summed E-state index contributed by atoms with van der Waals surface area (Å²) in [5.41, 5.74) is 3.68. The number of rotatable bonds is 9. The first kappa shape index (κ1) is 21.3. The van der Waals surface area contributed by atoms with Crippen LogP contribution in [0.2, 0.25) is 0 Å². The number of amides is 1. The topological polar surface area (TPSA) is 85.2 Å². The van der Waals surface area contributed by atoms with Crippen LogP contribution in [0.25, 0.3) is 5.82 Å². The monoisotopic (exact) mass is 408 g/mol. The highest BCUT2D eigenvalue weighted by Crippen LogP contribution is 2.15. The van der Waals surface area contributed by atoms with Gasteiger partial charge in [-0.1, -0.05) is 12.1 Å². The molecule has 3 aromatic rings. The lowest BCUT2D eigenvalue weighted by molar-refractivity contribution is 0.0952. The SMILES string of the molecule is CCOc1ccc(-n2ncc(C(=O)NCCCc3ccc(N(C)C)cc3)c2C)nn1. The number of benzene rings is 1. The highest BCUT2D eigenvalue weighted by molar-refractivity contribution is 5.95. The molecule has 0 fully saturated rings. The van der Waals surface area contributed by atoms with Gasteiger partial charge in [-0.2, -0.15) is 5.10 Å². The fourth-order valence-corrected chi connectivity index (χ4v) is 3.06. The number of nitrogens with zero attached hydrogens (tertiary/aromatic N) is 5. The second-order valence-corrected chi connectivity index (χ2v) is 7.14. The minimum Gasteiger partial charge on any atom is -0.477 e. The lowest BCUT2D eigenvalue weighted by Gasteiger charge is -2.12. The third-order valence-corrected chi connectivity index (χ3v) is 4.77. The summed E-state index contributed by atoms with van der Waals surface area (Å²) in [6, 6.07) is 12.0. The molecule has 0 bridgehead atoms. The van der Waals surface area contributed by atoms with Crippen LogP contribution in [0.15, 0.2) is 42.6 Å². The van der Waals surface area contributed by atoms with Crippen LogP contribution in [-0.2, 0) is 6.42 Å². The smallest absolute Gasteiger partial charge is 0.254 e. The van der Waals surface area contributed by atoms with E-state index in [9.17, 15) is 4.79 Å². The van der Waals surface area contributed by atoms with E-state index in [1.165, 1.54) is 11.3 Å². The zero-order chi connectivity index (χ0) is 21.5. The van der Waals surface area contributed by atoms with Crippen LogP contribution < -0.4 is 15.0 Å². The standard InChI is InChI=1S/C22H28N6O2/c1-5-30-21-13-12-20(25-26-21)28-16(2)19(15-24-28)22(29)23-14-6-7-17-8-10-18(11-9-17)27(3)4/h8-13,15H,5-7,14H2,1-4H3,(H,23,29). The van der Waals surface area contributed by atoms with Gasteiger partial charge in [-0.3, -0.25) is 4.79 Å². The van der Waals surface area contributed by atoms with Crippen LogP contribution in [0, 0.1) is 6.92 Å². The molecule has 2 aromatic heterocycles. The molecule has 158 valence electrons. The van der Waals surface area contributed by atoms with E-state index in [4.69, 9.17) is 4.74 Å². The normalized spacial score (nSPS) is 10.7. The summed E-state index contributed by atoms with van der Waals surface area (Å²) in [4.78, 5) is 14.6. The molecule has 1 N–H and O–H groups in total. The molecule has 0 unspecified atom stereocenters. The summed E-state index contributed by atoms with van der Waals surface area (Å²) in [6.07, 6.45) is 3.33. The van der Waals surface area contributed by atoms with Gasteiger partial charge in [0.2, 0.25) is 5.88 Å². The molecule has 0 aliphatic carbocycles. The minimum atomic E-state index is -0.138. The average Bonchev–Trinajstić information content (AvgIpc) is 3.13. The van der Waals surface area contributed by atoms with Crippen molar-refractivity contribution in [1.82, 2.24) is 25.3 Å². The minimum absolute atomic E-state index is 0.138. The van der Waals surface area contributed by atoms with Crippen molar-refractivity contribution in [3.8, 4) is 11.7 Å². The molecule has 0 radical (unpaired) electrons. The van der Waals surface area contributed by atoms with E-state index >= 15 is 0 Å². The Bertz CT molecular complexity index is 964. The van der Waals surface area contributed by atoms with E-state index < -0.39 is 0 Å². The molecule has 1 aromatic carbocycles. The molecule has 0 spiro atoms. The van der Waals surface area contributed by atoms with Crippen molar-refractivity contribution in [3.05, 3.63) is 59.4 Å². The van der Waals surface area contributed by atoms with Crippen LogP contribution in [-0.4, -0.2) is 53.1 Å². The Balaban J connectivity index is 1.53. The van der Waals surface area contributed by atoms with Gasteiger partial charge in [0.05, 0.1) is 24.1 Å². The third-order valence-electron chi connectivity index (χ3n) is 4.77. The van der Waals surface area contributed by atoms with Crippen LogP contribution >= 0.6 is 0 Å². The van der Waals surface area contributed by atoms with Crippen molar-refractivity contribution in [3.63, 3.8) is 0 Å². The highest BCUT2D eigenvalue weighted by atomic mass is 16.5. The second kappa shape index (κ2) is 9.87. The van der Waals surface area contributed by atoms with Gasteiger partial charge in [-0.15, -0.1) is 10.2 Å². The van der Waals surface area contributed by atoms with E-state index in [-0.39, 0.29) is 5.91 Å². The van der Waals surface area contributed by atoms with Crippen LogP contribution in [0.3, 0.4) is 0 Å². The average molecular weight is 409 g/mol. The van der Waals surface area contributed by atoms with E-state index in [1.807, 2.05) is 27.9 Å². The number of nitrogens with one attached hydrogen (secondary N) is 1. The first-order chi connectivity index (χ1) is 14.5. The molecule has 2 heterocycles. The molecule has 0 atom stereocenters. The summed E-state index contributed by atoms with van der Waals surface area (Å²) in [5, 5.41) is 15.4. The summed E-state index contributed by atoms with van der Waals surface area (Å²) >= 11 is 0. The first-order valence-electron chi connectivity index (χ1n) is 10.1. The van der Waals surface area contributed by atoms with Crippen LogP contribution in [0.4, 0.5) is 5.69 Å². The predicted octanol–water partition coefficient (Wildman–Crippen LogP) is 2.80. The molecule has 3 rings (SSSR count). The summed E-state index contributed by atoms with van der Waals surface area (Å²) < 4.78 is 6.91. The van der Waals surface area contributed by atoms with Crippen molar-refractivity contribution >= 4 is 11.6 Å². The fourth-order valence-electron chi connectivity index (χ4n) is 3.06. The number of aryl methyl sites for hydroxylation is 1. The molecule has 1 amide bonds. The summed E-state index contributed by atoms with van der Waals surface area (Å²) in [6.45, 7) is 4.85. The van der Waals surface area contributed by atoms with Crippen molar-refractivity contribution in [2.45, 2.75) is 26.7 Å². The van der Waals surface area contributed by atoms with Gasteiger partial charge >= 0.3 is 0 Å². The van der Waals surface area contributed by atoms with Gasteiger partial charge in [-0.25, -0.2) is 4.68 Å². The molecular formula is C22H28N6O2. The van der Waals surface area contributed by atoms with Gasteiger partial charge in [-0.05, 0) is 50.5 Å². The lowest BCUT2D eigenvalue weighted by atomic mass is 10.1. The zero-order valence-electron chi connectivity index (χ0n) is 17.9. The highest BCUT2D eigenvalue weighted by Gasteiger charge is 2.15. The molecule has 8 nitrogen and oxygen atoms in total.